The van der Waals surface area contributed by atoms with Crippen LogP contribution in [0.25, 0.3) is 0 Å². The Kier molecular flexibility index (Phi) is 4.49. The van der Waals surface area contributed by atoms with Gasteiger partial charge in [-0.1, -0.05) is 48.5 Å². The van der Waals surface area contributed by atoms with Gasteiger partial charge < -0.3 is 4.74 Å². The molecule has 25 heavy (non-hydrogen) atoms. The highest BCUT2D eigenvalue weighted by atomic mass is 32.2. The summed E-state index contributed by atoms with van der Waals surface area (Å²) in [6.45, 7) is 0.912. The Balaban J connectivity index is 1.90. The number of hydrogen-bond acceptors (Lipinski definition) is 5. The molecule has 1 unspecified atom stereocenters. The van der Waals surface area contributed by atoms with Crippen molar-refractivity contribution >= 4 is 16.4 Å². The van der Waals surface area contributed by atoms with Crippen molar-refractivity contribution in [2.45, 2.75) is 19.1 Å². The van der Waals surface area contributed by atoms with E-state index in [-0.39, 0.29) is 12.2 Å². The average Bonchev–Trinajstić information content (AvgIpc) is 2.84. The van der Waals surface area contributed by atoms with E-state index in [1.165, 1.54) is 25.1 Å². The fraction of sp³-hybridized carbons (Fsp3) is 0.235. The summed E-state index contributed by atoms with van der Waals surface area (Å²) in [5.74, 6) is -0.633. The first kappa shape index (κ1) is 17.4. The second-order valence-corrected chi connectivity index (χ2v) is 7.23. The standard InChI is InChI=1S/C17H16FNO5S/c1-17(14-9-5-6-10-15(14)18)12-24-25(21,22)19(17)16(20)23-11-13-7-3-2-4-8-13/h2-10H,11-12H2,1H3. The van der Waals surface area contributed by atoms with Gasteiger partial charge in [-0.2, -0.15) is 12.7 Å². The SMILES string of the molecule is CC1(c2ccccc2F)COS(=O)(=O)N1C(=O)OCc1ccccc1. The van der Waals surface area contributed by atoms with Crippen molar-refractivity contribution in [2.75, 3.05) is 6.61 Å². The predicted molar refractivity (Wildman–Crippen MR) is 87.1 cm³/mol. The topological polar surface area (TPSA) is 72.9 Å². The molecule has 2 aromatic carbocycles. The molecule has 0 spiro atoms. The van der Waals surface area contributed by atoms with Crippen LogP contribution in [0.4, 0.5) is 9.18 Å². The van der Waals surface area contributed by atoms with Gasteiger partial charge in [0.1, 0.15) is 18.0 Å². The van der Waals surface area contributed by atoms with Crippen molar-refractivity contribution in [3.05, 3.63) is 71.5 Å². The molecule has 1 saturated heterocycles. The van der Waals surface area contributed by atoms with Crippen LogP contribution < -0.4 is 0 Å². The third-order valence-corrected chi connectivity index (χ3v) is 5.40. The van der Waals surface area contributed by atoms with Gasteiger partial charge in [-0.25, -0.2) is 9.18 Å². The summed E-state index contributed by atoms with van der Waals surface area (Å²) in [7, 11) is -4.37. The molecule has 1 heterocycles. The monoisotopic (exact) mass is 365 g/mol. The predicted octanol–water partition coefficient (Wildman–Crippen LogP) is 2.95. The van der Waals surface area contributed by atoms with Crippen molar-refractivity contribution < 1.29 is 26.5 Å². The highest BCUT2D eigenvalue weighted by Gasteiger charge is 2.54. The van der Waals surface area contributed by atoms with Crippen LogP contribution in [0.3, 0.4) is 0 Å². The Bertz CT molecular complexity index is 887. The molecular weight excluding hydrogens is 349 g/mol. The normalized spacial score (nSPS) is 21.9. The van der Waals surface area contributed by atoms with Crippen LogP contribution in [-0.4, -0.2) is 25.4 Å². The maximum Gasteiger partial charge on any atom is 0.426 e. The molecule has 0 aromatic heterocycles. The number of rotatable bonds is 3. The van der Waals surface area contributed by atoms with Gasteiger partial charge in [0.15, 0.2) is 0 Å². The lowest BCUT2D eigenvalue weighted by molar-refractivity contribution is 0.0938. The summed E-state index contributed by atoms with van der Waals surface area (Å²) in [5, 5.41) is 0. The van der Waals surface area contributed by atoms with Crippen molar-refractivity contribution in [1.82, 2.24) is 4.31 Å². The summed E-state index contributed by atoms with van der Waals surface area (Å²) < 4.78 is 48.9. The third kappa shape index (κ3) is 3.22. The summed E-state index contributed by atoms with van der Waals surface area (Å²) in [6.07, 6.45) is -1.12. The van der Waals surface area contributed by atoms with Crippen molar-refractivity contribution in [2.24, 2.45) is 0 Å². The van der Waals surface area contributed by atoms with Crippen LogP contribution in [-0.2, 0) is 31.4 Å². The molecule has 0 aliphatic carbocycles. The largest absolute Gasteiger partial charge is 0.444 e. The van der Waals surface area contributed by atoms with Crippen LogP contribution >= 0.6 is 0 Å². The first-order valence-electron chi connectivity index (χ1n) is 7.50. The van der Waals surface area contributed by atoms with Gasteiger partial charge in [-0.05, 0) is 18.6 Å². The smallest absolute Gasteiger partial charge is 0.426 e. The zero-order chi connectivity index (χ0) is 18.1. The van der Waals surface area contributed by atoms with Crippen molar-refractivity contribution in [1.29, 1.82) is 0 Å². The van der Waals surface area contributed by atoms with Crippen molar-refractivity contribution in [3.8, 4) is 0 Å². The van der Waals surface area contributed by atoms with E-state index in [0.29, 0.717) is 9.87 Å². The van der Waals surface area contributed by atoms with Gasteiger partial charge in [0.2, 0.25) is 0 Å². The Morgan fingerprint density at radius 2 is 1.84 bits per heavy atom. The van der Waals surface area contributed by atoms with E-state index in [2.05, 4.69) is 0 Å². The molecule has 0 saturated carbocycles. The van der Waals surface area contributed by atoms with Crippen LogP contribution in [0.2, 0.25) is 0 Å². The maximum atomic E-state index is 14.2. The highest BCUT2D eigenvalue weighted by molar-refractivity contribution is 7.85. The summed E-state index contributed by atoms with van der Waals surface area (Å²) in [5.41, 5.74) is -0.800. The third-order valence-electron chi connectivity index (χ3n) is 3.99. The molecular formula is C17H16FNO5S. The molecule has 132 valence electrons. The highest BCUT2D eigenvalue weighted by Crippen LogP contribution is 2.39. The average molecular weight is 365 g/mol. The van der Waals surface area contributed by atoms with Crippen LogP contribution in [0.5, 0.6) is 0 Å². The molecule has 0 bridgehead atoms. The maximum absolute atomic E-state index is 14.2. The van der Waals surface area contributed by atoms with Crippen molar-refractivity contribution in [3.63, 3.8) is 0 Å². The molecule has 1 amide bonds. The number of nitrogens with zero attached hydrogens (tertiary/aromatic N) is 1. The van der Waals surface area contributed by atoms with E-state index in [1.54, 1.807) is 36.4 Å². The van der Waals surface area contributed by atoms with Gasteiger partial charge in [-0.15, -0.1) is 0 Å². The molecule has 1 fully saturated rings. The van der Waals surface area contributed by atoms with E-state index >= 15 is 0 Å². The molecule has 6 nitrogen and oxygen atoms in total. The second kappa shape index (κ2) is 6.45. The molecule has 1 atom stereocenters. The second-order valence-electron chi connectivity index (χ2n) is 5.78. The molecule has 0 N–H and O–H groups in total. The summed E-state index contributed by atoms with van der Waals surface area (Å²) >= 11 is 0. The number of benzene rings is 2. The quantitative estimate of drug-likeness (QED) is 0.836. The number of hydrogen-bond donors (Lipinski definition) is 0. The van der Waals surface area contributed by atoms with Gasteiger partial charge in [0.05, 0.1) is 6.61 Å². The minimum Gasteiger partial charge on any atom is -0.444 e. The number of halogens is 1. The summed E-state index contributed by atoms with van der Waals surface area (Å²) in [4.78, 5) is 12.5. The Morgan fingerprint density at radius 3 is 2.52 bits per heavy atom. The Labute approximate surface area is 145 Å². The Hall–Kier alpha value is -2.45. The molecule has 1 aliphatic rings. The number of amides is 1. The van der Waals surface area contributed by atoms with Gasteiger partial charge in [-0.3, -0.25) is 4.18 Å². The first-order chi connectivity index (χ1) is 11.8. The van der Waals surface area contributed by atoms with E-state index in [4.69, 9.17) is 8.92 Å². The molecule has 1 aliphatic heterocycles. The van der Waals surface area contributed by atoms with E-state index in [9.17, 15) is 17.6 Å². The lowest BCUT2D eigenvalue weighted by atomic mass is 9.92. The number of ether oxygens (including phenoxy) is 1. The first-order valence-corrected chi connectivity index (χ1v) is 8.86. The van der Waals surface area contributed by atoms with E-state index in [1.807, 2.05) is 0 Å². The minimum absolute atomic E-state index is 0.0349. The zero-order valence-corrected chi connectivity index (χ0v) is 14.2. The van der Waals surface area contributed by atoms with Crippen LogP contribution in [0.1, 0.15) is 18.1 Å². The van der Waals surface area contributed by atoms with Crippen LogP contribution in [0, 0.1) is 5.82 Å². The number of carbonyl (C=O) groups excluding carboxylic acids is 1. The van der Waals surface area contributed by atoms with Gasteiger partial charge >= 0.3 is 16.4 Å². The molecule has 3 rings (SSSR count). The molecule has 8 heteroatoms. The zero-order valence-electron chi connectivity index (χ0n) is 13.4. The van der Waals surface area contributed by atoms with E-state index < -0.39 is 34.4 Å². The summed E-state index contributed by atoms with van der Waals surface area (Å²) in [6, 6.07) is 14.4. The van der Waals surface area contributed by atoms with Gasteiger partial charge in [0, 0.05) is 5.56 Å². The van der Waals surface area contributed by atoms with Crippen LogP contribution in [0.15, 0.2) is 54.6 Å². The molecule has 2 aromatic rings. The van der Waals surface area contributed by atoms with Gasteiger partial charge in [0.25, 0.3) is 0 Å². The molecule has 0 radical (unpaired) electrons. The Morgan fingerprint density at radius 1 is 1.20 bits per heavy atom. The minimum atomic E-state index is -4.37. The lowest BCUT2D eigenvalue weighted by Crippen LogP contribution is -2.47. The lowest BCUT2D eigenvalue weighted by Gasteiger charge is -2.30. The van der Waals surface area contributed by atoms with E-state index in [0.717, 1.165) is 0 Å². The number of carbonyl (C=O) groups is 1. The fourth-order valence-electron chi connectivity index (χ4n) is 2.70. The fourth-order valence-corrected chi connectivity index (χ4v) is 4.07.